The number of nitrogens with zero attached hydrogens (tertiary/aromatic N) is 1. The third-order valence-electron chi connectivity index (χ3n) is 3.20. The lowest BCUT2D eigenvalue weighted by Gasteiger charge is -2.15. The second-order valence-corrected chi connectivity index (χ2v) is 4.80. The monoisotopic (exact) mass is 310 g/mol. The lowest BCUT2D eigenvalue weighted by Crippen LogP contribution is -2.15. The van der Waals surface area contributed by atoms with E-state index in [0.29, 0.717) is 5.69 Å². The van der Waals surface area contributed by atoms with Crippen molar-refractivity contribution >= 4 is 0 Å². The van der Waals surface area contributed by atoms with Gasteiger partial charge in [0.2, 0.25) is 0 Å². The molecule has 0 fully saturated rings. The summed E-state index contributed by atoms with van der Waals surface area (Å²) in [6, 6.07) is 5.11. The van der Waals surface area contributed by atoms with E-state index in [1.165, 1.54) is 13.0 Å². The van der Waals surface area contributed by atoms with Gasteiger partial charge in [0.25, 0.3) is 5.56 Å². The van der Waals surface area contributed by atoms with E-state index in [9.17, 15) is 22.4 Å². The molecule has 0 saturated carbocycles. The molecule has 22 heavy (non-hydrogen) atoms. The van der Waals surface area contributed by atoms with Crippen LogP contribution >= 0.6 is 0 Å². The number of hydrogen-bond acceptors (Lipinski definition) is 2. The summed E-state index contributed by atoms with van der Waals surface area (Å²) in [5.74, 6) is -1.49. The molecule has 0 aliphatic carbocycles. The van der Waals surface area contributed by atoms with Crippen molar-refractivity contribution in [2.75, 3.05) is 0 Å². The smallest absolute Gasteiger partial charge is 0.325 e. The topological polar surface area (TPSA) is 56.6 Å². The van der Waals surface area contributed by atoms with Crippen molar-refractivity contribution in [3.8, 4) is 17.2 Å². The quantitative estimate of drug-likeness (QED) is 0.817. The van der Waals surface area contributed by atoms with Crippen molar-refractivity contribution in [3.63, 3.8) is 0 Å². The number of aromatic nitrogens is 1. The van der Waals surface area contributed by atoms with Crippen molar-refractivity contribution in [1.82, 2.24) is 4.98 Å². The Morgan fingerprint density at radius 2 is 1.82 bits per heavy atom. The van der Waals surface area contributed by atoms with Gasteiger partial charge in [-0.15, -0.1) is 0 Å². The fourth-order valence-corrected chi connectivity index (χ4v) is 2.24. The van der Waals surface area contributed by atoms with Crippen molar-refractivity contribution in [2.45, 2.75) is 20.0 Å². The van der Waals surface area contributed by atoms with E-state index in [4.69, 9.17) is 5.26 Å². The van der Waals surface area contributed by atoms with Gasteiger partial charge in [-0.3, -0.25) is 4.79 Å². The highest BCUT2D eigenvalue weighted by atomic mass is 19.4. The molecule has 1 aromatic heterocycles. The third kappa shape index (κ3) is 2.60. The van der Waals surface area contributed by atoms with Gasteiger partial charge in [-0.2, -0.15) is 18.4 Å². The van der Waals surface area contributed by atoms with Crippen LogP contribution in [0.15, 0.2) is 23.0 Å². The van der Waals surface area contributed by atoms with Crippen LogP contribution in [0.5, 0.6) is 0 Å². The molecule has 0 unspecified atom stereocenters. The van der Waals surface area contributed by atoms with E-state index >= 15 is 0 Å². The van der Waals surface area contributed by atoms with Gasteiger partial charge in [-0.05, 0) is 25.5 Å². The molecule has 0 saturated heterocycles. The van der Waals surface area contributed by atoms with Gasteiger partial charge in [0.05, 0.1) is 5.56 Å². The molecule has 0 aliphatic rings. The number of H-pyrrole nitrogens is 1. The SMILES string of the molecule is Cc1cc(-c2ccc(C)c(C(F)(F)F)c2F)c(C#N)c(=O)[nH]1. The minimum Gasteiger partial charge on any atom is -0.325 e. The number of nitrogens with one attached hydrogen (secondary N) is 1. The predicted octanol–water partition coefficient (Wildman–Crippen LogP) is 3.69. The highest BCUT2D eigenvalue weighted by Gasteiger charge is 2.37. The maximum atomic E-state index is 14.4. The second kappa shape index (κ2) is 5.30. The fraction of sp³-hybridized carbons (Fsp3) is 0.200. The van der Waals surface area contributed by atoms with Gasteiger partial charge >= 0.3 is 6.18 Å². The van der Waals surface area contributed by atoms with E-state index in [1.54, 1.807) is 6.07 Å². The highest BCUT2D eigenvalue weighted by molar-refractivity contribution is 5.72. The molecule has 1 heterocycles. The predicted molar refractivity (Wildman–Crippen MR) is 71.6 cm³/mol. The molecule has 2 aromatic rings. The number of benzene rings is 1. The molecule has 7 heteroatoms. The summed E-state index contributed by atoms with van der Waals surface area (Å²) in [4.78, 5) is 14.1. The summed E-state index contributed by atoms with van der Waals surface area (Å²) >= 11 is 0. The van der Waals surface area contributed by atoms with Crippen LogP contribution in [-0.4, -0.2) is 4.98 Å². The molecule has 0 atom stereocenters. The average Bonchev–Trinajstić information content (AvgIpc) is 2.36. The summed E-state index contributed by atoms with van der Waals surface area (Å²) in [6.07, 6.45) is -4.87. The fourth-order valence-electron chi connectivity index (χ4n) is 2.24. The zero-order chi connectivity index (χ0) is 16.7. The summed E-state index contributed by atoms with van der Waals surface area (Å²) in [5, 5.41) is 9.01. The first kappa shape index (κ1) is 15.8. The van der Waals surface area contributed by atoms with Crippen LogP contribution in [-0.2, 0) is 6.18 Å². The molecule has 0 amide bonds. The summed E-state index contributed by atoms with van der Waals surface area (Å²) in [5.41, 5.74) is -3.14. The molecule has 0 aliphatic heterocycles. The first-order valence-electron chi connectivity index (χ1n) is 6.17. The molecule has 0 bridgehead atoms. The zero-order valence-corrected chi connectivity index (χ0v) is 11.6. The number of aromatic amines is 1. The minimum absolute atomic E-state index is 0.160. The first-order valence-corrected chi connectivity index (χ1v) is 6.17. The Hall–Kier alpha value is -2.62. The summed E-state index contributed by atoms with van der Waals surface area (Å²) in [7, 11) is 0. The minimum atomic E-state index is -4.87. The van der Waals surface area contributed by atoms with Crippen LogP contribution in [0.25, 0.3) is 11.1 Å². The average molecular weight is 310 g/mol. The number of pyridine rings is 1. The molecule has 3 nitrogen and oxygen atoms in total. The third-order valence-corrected chi connectivity index (χ3v) is 3.20. The lowest BCUT2D eigenvalue weighted by atomic mass is 9.95. The van der Waals surface area contributed by atoms with E-state index in [0.717, 1.165) is 19.1 Å². The van der Waals surface area contributed by atoms with Crippen molar-refractivity contribution in [2.24, 2.45) is 0 Å². The maximum Gasteiger partial charge on any atom is 0.419 e. The molecule has 0 spiro atoms. The van der Waals surface area contributed by atoms with E-state index in [1.807, 2.05) is 0 Å². The van der Waals surface area contributed by atoms with Crippen LogP contribution in [0.3, 0.4) is 0 Å². The molecular weight excluding hydrogens is 300 g/mol. The van der Waals surface area contributed by atoms with Crippen LogP contribution in [0, 0.1) is 31.0 Å². The zero-order valence-electron chi connectivity index (χ0n) is 11.6. The first-order chi connectivity index (χ1) is 10.2. The van der Waals surface area contributed by atoms with Gasteiger partial charge in [-0.1, -0.05) is 12.1 Å². The number of nitriles is 1. The van der Waals surface area contributed by atoms with Crippen LogP contribution in [0.4, 0.5) is 17.6 Å². The molecule has 1 N–H and O–H groups in total. The van der Waals surface area contributed by atoms with Crippen LogP contribution in [0.1, 0.15) is 22.4 Å². The van der Waals surface area contributed by atoms with Gasteiger partial charge in [0.15, 0.2) is 0 Å². The number of aryl methyl sites for hydroxylation is 2. The lowest BCUT2D eigenvalue weighted by molar-refractivity contribution is -0.140. The Kier molecular flexibility index (Phi) is 3.79. The Morgan fingerprint density at radius 3 is 2.36 bits per heavy atom. The van der Waals surface area contributed by atoms with Crippen molar-refractivity contribution in [3.05, 3.63) is 56.8 Å². The molecule has 114 valence electrons. The van der Waals surface area contributed by atoms with E-state index in [2.05, 4.69) is 4.98 Å². The number of hydrogen-bond donors (Lipinski definition) is 1. The molecule has 0 radical (unpaired) electrons. The molecule has 2 rings (SSSR count). The number of alkyl halides is 3. The standard InChI is InChI=1S/C15H10F4N2O/c1-7-3-4-9(13(16)12(7)15(17,18)19)10-5-8(2)21-14(22)11(10)6-20/h3-5H,1-2H3,(H,21,22). The Morgan fingerprint density at radius 1 is 1.18 bits per heavy atom. The highest BCUT2D eigenvalue weighted by Crippen LogP contribution is 2.38. The largest absolute Gasteiger partial charge is 0.419 e. The van der Waals surface area contributed by atoms with Crippen LogP contribution < -0.4 is 5.56 Å². The Labute approximate surface area is 122 Å². The summed E-state index contributed by atoms with van der Waals surface area (Å²) < 4.78 is 53.3. The van der Waals surface area contributed by atoms with Crippen LogP contribution in [0.2, 0.25) is 0 Å². The van der Waals surface area contributed by atoms with Gasteiger partial charge in [0, 0.05) is 16.8 Å². The molecular formula is C15H10F4N2O. The van der Waals surface area contributed by atoms with Crippen molar-refractivity contribution < 1.29 is 17.6 Å². The van der Waals surface area contributed by atoms with Crippen molar-refractivity contribution in [1.29, 1.82) is 5.26 Å². The van der Waals surface area contributed by atoms with Gasteiger partial charge < -0.3 is 4.98 Å². The molecule has 1 aromatic carbocycles. The second-order valence-electron chi connectivity index (χ2n) is 4.80. The number of rotatable bonds is 1. The summed E-state index contributed by atoms with van der Waals surface area (Å²) in [6.45, 7) is 2.63. The maximum absolute atomic E-state index is 14.4. The van der Waals surface area contributed by atoms with Gasteiger partial charge in [-0.25, -0.2) is 4.39 Å². The normalized spacial score (nSPS) is 11.3. The Bertz CT molecular complexity index is 844. The number of halogens is 4. The van der Waals surface area contributed by atoms with E-state index < -0.39 is 34.2 Å². The van der Waals surface area contributed by atoms with E-state index in [-0.39, 0.29) is 11.1 Å². The Balaban J connectivity index is 2.87. The van der Waals surface area contributed by atoms with Gasteiger partial charge in [0.1, 0.15) is 17.4 Å².